The zero-order valence-electron chi connectivity index (χ0n) is 27.6. The Hall–Kier alpha value is -4.20. The Morgan fingerprint density at radius 3 is 2.13 bits per heavy atom. The smallest absolute Gasteiger partial charge is 0.407 e. The lowest BCUT2D eigenvalue weighted by atomic mass is 10.0. The van der Waals surface area contributed by atoms with Crippen LogP contribution in [0.3, 0.4) is 0 Å². The van der Waals surface area contributed by atoms with Crippen molar-refractivity contribution in [1.29, 1.82) is 0 Å². The highest BCUT2D eigenvalue weighted by atomic mass is 16.6. The standard InChI is InChI=1S/C33H50N6O8/c1-33(2,3)47-32(45)34-19-11-10-16-23-29(42)37-25(21-22-13-6-4-7-14-22)31(44)39-20-12-17-26(39)30(43)36-24(28(41)35-23)15-8-5-9-18-27(40)38-46/h4,6-7,13-14,23-26,46H,5,8-12,15-21H2,1-3H3,(H,34,45)(H,35,41)(H,36,43)(H,37,42)(H,38,40)/t23-,24-,25-,26+/m0/s1. The number of unbranched alkanes of at least 4 members (excludes halogenated alkanes) is 3. The summed E-state index contributed by atoms with van der Waals surface area (Å²) in [6.07, 6.45) is 3.82. The molecule has 14 heteroatoms. The van der Waals surface area contributed by atoms with Crippen molar-refractivity contribution in [3.05, 3.63) is 35.9 Å². The number of hydroxylamine groups is 1. The number of hydrogen-bond acceptors (Lipinski definition) is 8. The maximum absolute atomic E-state index is 13.9. The van der Waals surface area contributed by atoms with Gasteiger partial charge in [-0.2, -0.15) is 0 Å². The Labute approximate surface area is 276 Å². The first-order valence-electron chi connectivity index (χ1n) is 16.5. The molecular weight excluding hydrogens is 608 g/mol. The number of carbonyl (C=O) groups excluding carboxylic acids is 6. The predicted molar refractivity (Wildman–Crippen MR) is 172 cm³/mol. The SMILES string of the molecule is CC(C)(C)OC(=O)NCCCC[C@@H]1NC(=O)[C@H](CCCCCC(=O)NO)NC(=O)[C@H]2CCCN2C(=O)[C@H](Cc2ccccc2)NC1=O. The summed E-state index contributed by atoms with van der Waals surface area (Å²) in [6, 6.07) is 5.59. The first-order chi connectivity index (χ1) is 22.4. The topological polar surface area (TPSA) is 195 Å². The minimum absolute atomic E-state index is 0.119. The molecule has 6 N–H and O–H groups in total. The van der Waals surface area contributed by atoms with Crippen LogP contribution >= 0.6 is 0 Å². The number of rotatable bonds is 13. The van der Waals surface area contributed by atoms with Crippen molar-refractivity contribution in [2.75, 3.05) is 13.1 Å². The van der Waals surface area contributed by atoms with Crippen LogP contribution in [-0.4, -0.2) is 88.6 Å². The lowest BCUT2D eigenvalue weighted by molar-refractivity contribution is -0.143. The van der Waals surface area contributed by atoms with Gasteiger partial charge in [0.05, 0.1) is 0 Å². The van der Waals surface area contributed by atoms with Gasteiger partial charge in [0.25, 0.3) is 0 Å². The summed E-state index contributed by atoms with van der Waals surface area (Å²) in [6.45, 7) is 5.96. The molecule has 1 aromatic carbocycles. The molecule has 260 valence electrons. The number of nitrogens with one attached hydrogen (secondary N) is 5. The van der Waals surface area contributed by atoms with E-state index in [0.717, 1.165) is 5.56 Å². The molecule has 14 nitrogen and oxygen atoms in total. The van der Waals surface area contributed by atoms with Gasteiger partial charge in [0.15, 0.2) is 0 Å². The van der Waals surface area contributed by atoms with Crippen LogP contribution in [0.1, 0.15) is 90.5 Å². The number of carbonyl (C=O) groups is 6. The van der Waals surface area contributed by atoms with E-state index in [9.17, 15) is 28.8 Å². The van der Waals surface area contributed by atoms with Gasteiger partial charge < -0.3 is 30.9 Å². The minimum Gasteiger partial charge on any atom is -0.444 e. The van der Waals surface area contributed by atoms with Crippen molar-refractivity contribution < 1.29 is 38.7 Å². The summed E-state index contributed by atoms with van der Waals surface area (Å²) in [5, 5.41) is 19.9. The molecule has 2 saturated heterocycles. The van der Waals surface area contributed by atoms with Crippen molar-refractivity contribution in [2.45, 2.75) is 121 Å². The van der Waals surface area contributed by atoms with E-state index < -0.39 is 59.5 Å². The highest BCUT2D eigenvalue weighted by Gasteiger charge is 2.40. The van der Waals surface area contributed by atoms with E-state index in [1.54, 1.807) is 26.3 Å². The van der Waals surface area contributed by atoms with E-state index in [2.05, 4.69) is 21.3 Å². The summed E-state index contributed by atoms with van der Waals surface area (Å²) in [5.41, 5.74) is 1.79. The van der Waals surface area contributed by atoms with E-state index in [0.29, 0.717) is 58.0 Å². The van der Waals surface area contributed by atoms with Crippen molar-refractivity contribution in [3.63, 3.8) is 0 Å². The van der Waals surface area contributed by atoms with Crippen LogP contribution in [0.25, 0.3) is 0 Å². The normalized spacial score (nSPS) is 22.2. The van der Waals surface area contributed by atoms with Crippen LogP contribution in [0.15, 0.2) is 30.3 Å². The van der Waals surface area contributed by atoms with Crippen LogP contribution in [-0.2, 0) is 35.1 Å². The molecule has 0 bridgehead atoms. The molecule has 6 amide bonds. The third-order valence-electron chi connectivity index (χ3n) is 8.11. The van der Waals surface area contributed by atoms with Crippen molar-refractivity contribution >= 4 is 35.6 Å². The summed E-state index contributed by atoms with van der Waals surface area (Å²) in [7, 11) is 0. The van der Waals surface area contributed by atoms with Crippen molar-refractivity contribution in [3.8, 4) is 0 Å². The van der Waals surface area contributed by atoms with Crippen LogP contribution in [0.2, 0.25) is 0 Å². The molecule has 0 aromatic heterocycles. The number of fused-ring (bicyclic) bond motifs is 1. The van der Waals surface area contributed by atoms with E-state index in [4.69, 9.17) is 9.94 Å². The van der Waals surface area contributed by atoms with Crippen LogP contribution in [0, 0.1) is 0 Å². The monoisotopic (exact) mass is 658 g/mol. The second-order valence-corrected chi connectivity index (χ2v) is 13.1. The van der Waals surface area contributed by atoms with Crippen LogP contribution in [0.5, 0.6) is 0 Å². The average molecular weight is 659 g/mol. The van der Waals surface area contributed by atoms with E-state index in [1.807, 2.05) is 30.3 Å². The molecule has 0 aliphatic carbocycles. The van der Waals surface area contributed by atoms with Gasteiger partial charge in [-0.25, -0.2) is 10.3 Å². The molecular formula is C33H50N6O8. The van der Waals surface area contributed by atoms with Gasteiger partial charge in [-0.05, 0) is 71.3 Å². The van der Waals surface area contributed by atoms with Gasteiger partial charge in [-0.3, -0.25) is 29.2 Å². The van der Waals surface area contributed by atoms with Crippen LogP contribution in [0.4, 0.5) is 4.79 Å². The zero-order valence-corrected chi connectivity index (χ0v) is 27.6. The number of nitrogens with zero attached hydrogens (tertiary/aromatic N) is 1. The fourth-order valence-electron chi connectivity index (χ4n) is 5.75. The molecule has 4 atom stereocenters. The molecule has 2 fully saturated rings. The molecule has 2 aliphatic rings. The quantitative estimate of drug-likeness (QED) is 0.105. The van der Waals surface area contributed by atoms with Gasteiger partial charge in [-0.15, -0.1) is 0 Å². The molecule has 47 heavy (non-hydrogen) atoms. The van der Waals surface area contributed by atoms with Gasteiger partial charge >= 0.3 is 6.09 Å². The Kier molecular flexibility index (Phi) is 14.4. The first-order valence-corrected chi connectivity index (χ1v) is 16.5. The lowest BCUT2D eigenvalue weighted by Crippen LogP contribution is -2.61. The highest BCUT2D eigenvalue weighted by Crippen LogP contribution is 2.21. The maximum atomic E-state index is 13.9. The van der Waals surface area contributed by atoms with Gasteiger partial charge in [0, 0.05) is 25.9 Å². The summed E-state index contributed by atoms with van der Waals surface area (Å²) >= 11 is 0. The second kappa shape index (κ2) is 18.2. The highest BCUT2D eigenvalue weighted by molar-refractivity contribution is 5.97. The largest absolute Gasteiger partial charge is 0.444 e. The predicted octanol–water partition coefficient (Wildman–Crippen LogP) is 1.84. The number of benzene rings is 1. The molecule has 2 aliphatic heterocycles. The number of ether oxygens (including phenoxy) is 1. The number of hydrogen-bond donors (Lipinski definition) is 6. The Morgan fingerprint density at radius 2 is 1.49 bits per heavy atom. The van der Waals surface area contributed by atoms with Gasteiger partial charge in [0.1, 0.15) is 29.8 Å². The zero-order chi connectivity index (χ0) is 34.4. The van der Waals surface area contributed by atoms with Crippen LogP contribution < -0.4 is 26.7 Å². The van der Waals surface area contributed by atoms with Gasteiger partial charge in [0.2, 0.25) is 29.5 Å². The van der Waals surface area contributed by atoms with Gasteiger partial charge in [-0.1, -0.05) is 43.2 Å². The van der Waals surface area contributed by atoms with Crippen molar-refractivity contribution in [2.24, 2.45) is 0 Å². The Morgan fingerprint density at radius 1 is 0.872 bits per heavy atom. The van der Waals surface area contributed by atoms with E-state index in [-0.39, 0.29) is 31.6 Å². The molecule has 0 unspecified atom stereocenters. The first kappa shape index (κ1) is 37.3. The Balaban J connectivity index is 1.77. The molecule has 3 rings (SSSR count). The fraction of sp³-hybridized carbons (Fsp3) is 0.636. The summed E-state index contributed by atoms with van der Waals surface area (Å²) in [4.78, 5) is 79.7. The van der Waals surface area contributed by atoms with E-state index >= 15 is 0 Å². The average Bonchev–Trinajstić information content (AvgIpc) is 3.52. The number of amides is 6. The minimum atomic E-state index is -1.00. The molecule has 1 aromatic rings. The third-order valence-corrected chi connectivity index (χ3v) is 8.11. The number of alkyl carbamates (subject to hydrolysis) is 1. The molecule has 2 heterocycles. The maximum Gasteiger partial charge on any atom is 0.407 e. The molecule has 0 radical (unpaired) electrons. The Bertz CT molecular complexity index is 1240. The summed E-state index contributed by atoms with van der Waals surface area (Å²) < 4.78 is 5.26. The van der Waals surface area contributed by atoms with E-state index in [1.165, 1.54) is 4.90 Å². The second-order valence-electron chi connectivity index (χ2n) is 13.1. The molecule has 0 saturated carbocycles. The lowest BCUT2D eigenvalue weighted by Gasteiger charge is -2.32. The fourth-order valence-corrected chi connectivity index (χ4v) is 5.75. The third kappa shape index (κ3) is 12.5. The molecule has 0 spiro atoms. The van der Waals surface area contributed by atoms with Crippen molar-refractivity contribution in [1.82, 2.24) is 31.6 Å². The summed E-state index contributed by atoms with van der Waals surface area (Å²) in [5.74, 6) is -2.32.